The van der Waals surface area contributed by atoms with Crippen molar-refractivity contribution in [3.05, 3.63) is 0 Å². The van der Waals surface area contributed by atoms with Gasteiger partial charge < -0.3 is 9.47 Å². The molecule has 172 valence electrons. The molecule has 4 nitrogen and oxygen atoms in total. The van der Waals surface area contributed by atoms with Gasteiger partial charge in [-0.25, -0.2) is 0 Å². The zero-order valence-corrected chi connectivity index (χ0v) is 20.6. The molecule has 0 amide bonds. The molecule has 0 aromatic heterocycles. The SMILES string of the molecule is CCCCCCCC(CCCCCCC)(C(=O)OC(C)(C)C)C(=O)OC(C)(C)C. The minimum atomic E-state index is -1.20. The normalized spacial score (nSPS) is 12.7. The zero-order valence-electron chi connectivity index (χ0n) is 20.6. The van der Waals surface area contributed by atoms with Crippen molar-refractivity contribution in [3.63, 3.8) is 0 Å². The smallest absolute Gasteiger partial charge is 0.324 e. The average molecular weight is 413 g/mol. The molecule has 0 saturated heterocycles. The van der Waals surface area contributed by atoms with E-state index in [2.05, 4.69) is 13.8 Å². The Morgan fingerprint density at radius 3 is 1.14 bits per heavy atom. The molecule has 0 rings (SSSR count). The highest BCUT2D eigenvalue weighted by Gasteiger charge is 2.50. The third-order valence-electron chi connectivity index (χ3n) is 4.99. The van der Waals surface area contributed by atoms with E-state index in [1.165, 1.54) is 25.7 Å². The fourth-order valence-corrected chi connectivity index (χ4v) is 3.43. The lowest BCUT2D eigenvalue weighted by Gasteiger charge is -2.35. The Labute approximate surface area is 180 Å². The van der Waals surface area contributed by atoms with Crippen molar-refractivity contribution in [3.8, 4) is 0 Å². The van der Waals surface area contributed by atoms with Gasteiger partial charge in [0.25, 0.3) is 0 Å². The molecular weight excluding hydrogens is 364 g/mol. The molecule has 0 radical (unpaired) electrons. The predicted molar refractivity (Wildman–Crippen MR) is 121 cm³/mol. The maximum Gasteiger partial charge on any atom is 0.324 e. The quantitative estimate of drug-likeness (QED) is 0.170. The Morgan fingerprint density at radius 1 is 0.552 bits per heavy atom. The number of carbonyl (C=O) groups is 2. The van der Waals surface area contributed by atoms with Gasteiger partial charge in [-0.15, -0.1) is 0 Å². The maximum absolute atomic E-state index is 13.3. The van der Waals surface area contributed by atoms with Crippen LogP contribution in [-0.2, 0) is 19.1 Å². The standard InChI is InChI=1S/C25H48O4/c1-9-11-13-15-17-19-25(20-18-16-14-12-10-2,21(26)28-23(3,4)5)22(27)29-24(6,7)8/h9-20H2,1-8H3. The molecule has 0 unspecified atom stereocenters. The van der Waals surface area contributed by atoms with E-state index >= 15 is 0 Å². The average Bonchev–Trinajstić information content (AvgIpc) is 2.56. The van der Waals surface area contributed by atoms with Gasteiger partial charge in [0.15, 0.2) is 5.41 Å². The van der Waals surface area contributed by atoms with Gasteiger partial charge in [0.2, 0.25) is 0 Å². The van der Waals surface area contributed by atoms with Crippen LogP contribution < -0.4 is 0 Å². The first-order valence-electron chi connectivity index (χ1n) is 11.8. The van der Waals surface area contributed by atoms with Crippen LogP contribution in [0.15, 0.2) is 0 Å². The first-order valence-corrected chi connectivity index (χ1v) is 11.8. The first-order chi connectivity index (χ1) is 13.4. The van der Waals surface area contributed by atoms with Gasteiger partial charge in [-0.3, -0.25) is 9.59 Å². The van der Waals surface area contributed by atoms with Crippen molar-refractivity contribution in [1.29, 1.82) is 0 Å². The molecule has 4 heteroatoms. The van der Waals surface area contributed by atoms with Crippen LogP contribution in [0.5, 0.6) is 0 Å². The molecule has 0 aliphatic carbocycles. The summed E-state index contributed by atoms with van der Waals surface area (Å²) >= 11 is 0. The van der Waals surface area contributed by atoms with Crippen LogP contribution in [0, 0.1) is 5.41 Å². The lowest BCUT2D eigenvalue weighted by Crippen LogP contribution is -2.46. The lowest BCUT2D eigenvalue weighted by atomic mass is 9.77. The maximum atomic E-state index is 13.3. The molecule has 0 aliphatic heterocycles. The molecule has 0 aromatic carbocycles. The number of esters is 2. The van der Waals surface area contributed by atoms with Gasteiger partial charge in [0, 0.05) is 0 Å². The number of carbonyl (C=O) groups excluding carboxylic acids is 2. The number of unbranched alkanes of at least 4 members (excludes halogenated alkanes) is 8. The Balaban J connectivity index is 5.56. The molecule has 0 spiro atoms. The molecule has 0 aromatic rings. The van der Waals surface area contributed by atoms with Crippen molar-refractivity contribution in [2.75, 3.05) is 0 Å². The summed E-state index contributed by atoms with van der Waals surface area (Å²) in [5.74, 6) is -0.824. The van der Waals surface area contributed by atoms with Gasteiger partial charge in [0.05, 0.1) is 0 Å². The molecule has 0 fully saturated rings. The van der Waals surface area contributed by atoms with Crippen LogP contribution >= 0.6 is 0 Å². The third-order valence-corrected chi connectivity index (χ3v) is 4.99. The van der Waals surface area contributed by atoms with Crippen LogP contribution in [0.4, 0.5) is 0 Å². The zero-order chi connectivity index (χ0) is 22.6. The van der Waals surface area contributed by atoms with E-state index in [-0.39, 0.29) is 0 Å². The topological polar surface area (TPSA) is 52.6 Å². The monoisotopic (exact) mass is 412 g/mol. The summed E-state index contributed by atoms with van der Waals surface area (Å²) in [6.07, 6.45) is 11.7. The summed E-state index contributed by atoms with van der Waals surface area (Å²) in [5.41, 5.74) is -2.46. The van der Waals surface area contributed by atoms with E-state index < -0.39 is 28.6 Å². The molecule has 0 bridgehead atoms. The van der Waals surface area contributed by atoms with Gasteiger partial charge in [-0.2, -0.15) is 0 Å². The van der Waals surface area contributed by atoms with E-state index in [0.29, 0.717) is 12.8 Å². The summed E-state index contributed by atoms with van der Waals surface area (Å²) in [7, 11) is 0. The first kappa shape index (κ1) is 27.9. The molecule has 29 heavy (non-hydrogen) atoms. The van der Waals surface area contributed by atoms with Crippen LogP contribution in [-0.4, -0.2) is 23.1 Å². The van der Waals surface area contributed by atoms with Gasteiger partial charge in [-0.1, -0.05) is 78.1 Å². The number of ether oxygens (including phenoxy) is 2. The van der Waals surface area contributed by atoms with E-state index in [9.17, 15) is 9.59 Å². The van der Waals surface area contributed by atoms with Gasteiger partial charge in [0.1, 0.15) is 11.2 Å². The fourth-order valence-electron chi connectivity index (χ4n) is 3.43. The second-order valence-electron chi connectivity index (χ2n) is 10.4. The minimum Gasteiger partial charge on any atom is -0.459 e. The molecule has 0 atom stereocenters. The molecule has 0 heterocycles. The second kappa shape index (κ2) is 13.3. The van der Waals surface area contributed by atoms with Crippen LogP contribution in [0.1, 0.15) is 132 Å². The Hall–Kier alpha value is -1.06. The number of rotatable bonds is 14. The highest BCUT2D eigenvalue weighted by molar-refractivity contribution is 6.00. The van der Waals surface area contributed by atoms with Crippen LogP contribution in [0.2, 0.25) is 0 Å². The fraction of sp³-hybridized carbons (Fsp3) is 0.920. The second-order valence-corrected chi connectivity index (χ2v) is 10.4. The summed E-state index contributed by atoms with van der Waals surface area (Å²) in [6.45, 7) is 15.5. The molecule has 0 N–H and O–H groups in total. The van der Waals surface area contributed by atoms with Crippen LogP contribution in [0.25, 0.3) is 0 Å². The van der Waals surface area contributed by atoms with E-state index in [1.54, 1.807) is 0 Å². The summed E-state index contributed by atoms with van der Waals surface area (Å²) in [5, 5.41) is 0. The van der Waals surface area contributed by atoms with Crippen molar-refractivity contribution in [2.45, 2.75) is 144 Å². The Morgan fingerprint density at radius 2 is 0.862 bits per heavy atom. The van der Waals surface area contributed by atoms with Crippen molar-refractivity contribution in [2.24, 2.45) is 5.41 Å². The Bertz CT molecular complexity index is 424. The van der Waals surface area contributed by atoms with Gasteiger partial charge in [-0.05, 0) is 54.4 Å². The van der Waals surface area contributed by atoms with Crippen LogP contribution in [0.3, 0.4) is 0 Å². The summed E-state index contributed by atoms with van der Waals surface area (Å²) in [4.78, 5) is 26.6. The van der Waals surface area contributed by atoms with Crippen molar-refractivity contribution >= 4 is 11.9 Å². The minimum absolute atomic E-state index is 0.412. The van der Waals surface area contributed by atoms with E-state index in [0.717, 1.165) is 38.5 Å². The van der Waals surface area contributed by atoms with E-state index in [1.807, 2.05) is 41.5 Å². The van der Waals surface area contributed by atoms with Gasteiger partial charge >= 0.3 is 11.9 Å². The van der Waals surface area contributed by atoms with Crippen molar-refractivity contribution in [1.82, 2.24) is 0 Å². The highest BCUT2D eigenvalue weighted by Crippen LogP contribution is 2.37. The summed E-state index contributed by atoms with van der Waals surface area (Å²) in [6, 6.07) is 0. The van der Waals surface area contributed by atoms with Crippen molar-refractivity contribution < 1.29 is 19.1 Å². The number of hydrogen-bond acceptors (Lipinski definition) is 4. The van der Waals surface area contributed by atoms with E-state index in [4.69, 9.17) is 9.47 Å². The number of hydrogen-bond donors (Lipinski definition) is 0. The lowest BCUT2D eigenvalue weighted by molar-refractivity contribution is -0.187. The molecular formula is C25H48O4. The molecule has 0 saturated carbocycles. The predicted octanol–water partition coefficient (Wildman–Crippen LogP) is 7.38. The third kappa shape index (κ3) is 12.3. The Kier molecular flexibility index (Phi) is 12.8. The highest BCUT2D eigenvalue weighted by atomic mass is 16.6. The largest absolute Gasteiger partial charge is 0.459 e. The molecule has 0 aliphatic rings. The summed E-state index contributed by atoms with van der Waals surface area (Å²) < 4.78 is 11.5.